The predicted octanol–water partition coefficient (Wildman–Crippen LogP) is 3.01. The number of aliphatic imine (C=N–C) groups is 1. The van der Waals surface area contributed by atoms with E-state index in [1.165, 1.54) is 64.8 Å². The Morgan fingerprint density at radius 1 is 1.08 bits per heavy atom. The molecule has 26 heavy (non-hydrogen) atoms. The van der Waals surface area contributed by atoms with Crippen molar-refractivity contribution >= 4 is 29.9 Å². The van der Waals surface area contributed by atoms with Crippen LogP contribution in [0.2, 0.25) is 0 Å². The van der Waals surface area contributed by atoms with Gasteiger partial charge < -0.3 is 20.4 Å². The molecular formula is C20H42IN5. The molecule has 0 amide bonds. The van der Waals surface area contributed by atoms with Crippen LogP contribution in [-0.4, -0.2) is 75.2 Å². The third-order valence-electron chi connectivity index (χ3n) is 6.11. The summed E-state index contributed by atoms with van der Waals surface area (Å²) in [6.45, 7) is 15.7. The van der Waals surface area contributed by atoms with E-state index in [2.05, 4.69) is 48.3 Å². The zero-order chi connectivity index (χ0) is 18.1. The van der Waals surface area contributed by atoms with Gasteiger partial charge in [-0.05, 0) is 44.6 Å². The number of nitrogens with zero attached hydrogens (tertiary/aromatic N) is 3. The molecule has 0 spiro atoms. The molecule has 1 heterocycles. The van der Waals surface area contributed by atoms with Gasteiger partial charge in [0.1, 0.15) is 0 Å². The Labute approximate surface area is 178 Å². The Kier molecular flexibility index (Phi) is 11.4. The molecule has 6 heteroatoms. The smallest absolute Gasteiger partial charge is 0.191 e. The Morgan fingerprint density at radius 2 is 1.73 bits per heavy atom. The van der Waals surface area contributed by atoms with Crippen LogP contribution < -0.4 is 10.6 Å². The number of rotatable bonds is 8. The minimum atomic E-state index is 0. The first-order valence-corrected chi connectivity index (χ1v) is 10.5. The summed E-state index contributed by atoms with van der Waals surface area (Å²) in [6.07, 6.45) is 6.74. The molecule has 1 aliphatic heterocycles. The third kappa shape index (κ3) is 7.89. The summed E-state index contributed by atoms with van der Waals surface area (Å²) in [6, 6.07) is 0. The second-order valence-corrected chi connectivity index (χ2v) is 8.35. The molecule has 0 bridgehead atoms. The summed E-state index contributed by atoms with van der Waals surface area (Å²) < 4.78 is 0. The maximum atomic E-state index is 4.94. The number of halogens is 1. The second-order valence-electron chi connectivity index (χ2n) is 8.35. The van der Waals surface area contributed by atoms with E-state index in [-0.39, 0.29) is 24.0 Å². The molecule has 154 valence electrons. The van der Waals surface area contributed by atoms with Crippen molar-refractivity contribution in [2.24, 2.45) is 16.3 Å². The number of hydrogen-bond acceptors (Lipinski definition) is 3. The first kappa shape index (κ1) is 24.0. The van der Waals surface area contributed by atoms with Crippen LogP contribution >= 0.6 is 24.0 Å². The lowest BCUT2D eigenvalue weighted by Crippen LogP contribution is -2.47. The fourth-order valence-corrected chi connectivity index (χ4v) is 4.14. The fourth-order valence-electron chi connectivity index (χ4n) is 4.14. The Balaban J connectivity index is 0.00000338. The zero-order valence-electron chi connectivity index (χ0n) is 17.5. The van der Waals surface area contributed by atoms with Gasteiger partial charge in [-0.2, -0.15) is 0 Å². The van der Waals surface area contributed by atoms with Gasteiger partial charge in [0.25, 0.3) is 0 Å². The largest absolute Gasteiger partial charge is 0.357 e. The van der Waals surface area contributed by atoms with Crippen molar-refractivity contribution in [1.82, 2.24) is 20.4 Å². The van der Waals surface area contributed by atoms with Gasteiger partial charge in [-0.3, -0.25) is 4.99 Å². The van der Waals surface area contributed by atoms with Gasteiger partial charge in [0.05, 0.1) is 0 Å². The summed E-state index contributed by atoms with van der Waals surface area (Å²) >= 11 is 0. The maximum absolute atomic E-state index is 4.94. The van der Waals surface area contributed by atoms with Gasteiger partial charge in [-0.1, -0.05) is 26.7 Å². The zero-order valence-corrected chi connectivity index (χ0v) is 19.8. The number of likely N-dealkylation sites (N-methyl/N-ethyl adjacent to an activating group) is 1. The average Bonchev–Trinajstić information content (AvgIpc) is 3.09. The number of hydrogen-bond donors (Lipinski definition) is 2. The molecule has 0 aromatic rings. The van der Waals surface area contributed by atoms with Crippen LogP contribution in [0.25, 0.3) is 0 Å². The SMILES string of the molecule is CCNC(=NCC1(CC)CCCC1)NCC(C)CN1CCN(C)CC1.I. The van der Waals surface area contributed by atoms with E-state index in [1.807, 2.05) is 0 Å². The summed E-state index contributed by atoms with van der Waals surface area (Å²) in [4.78, 5) is 9.96. The summed E-state index contributed by atoms with van der Waals surface area (Å²) in [5, 5.41) is 7.02. The van der Waals surface area contributed by atoms with Crippen molar-refractivity contribution in [1.29, 1.82) is 0 Å². The van der Waals surface area contributed by atoms with E-state index in [1.54, 1.807) is 0 Å². The molecule has 2 aliphatic rings. The van der Waals surface area contributed by atoms with Gasteiger partial charge in [-0.25, -0.2) is 0 Å². The van der Waals surface area contributed by atoms with Crippen LogP contribution in [0.4, 0.5) is 0 Å². The van der Waals surface area contributed by atoms with Gasteiger partial charge in [0.15, 0.2) is 5.96 Å². The number of nitrogens with one attached hydrogen (secondary N) is 2. The lowest BCUT2D eigenvalue weighted by atomic mass is 9.84. The van der Waals surface area contributed by atoms with Crippen LogP contribution in [-0.2, 0) is 0 Å². The highest BCUT2D eigenvalue weighted by Crippen LogP contribution is 2.41. The molecule has 0 radical (unpaired) electrons. The average molecular weight is 479 g/mol. The summed E-state index contributed by atoms with van der Waals surface area (Å²) in [7, 11) is 2.22. The first-order valence-electron chi connectivity index (χ1n) is 10.5. The highest BCUT2D eigenvalue weighted by molar-refractivity contribution is 14.0. The van der Waals surface area contributed by atoms with Crippen molar-refractivity contribution in [3.63, 3.8) is 0 Å². The molecule has 1 saturated carbocycles. The van der Waals surface area contributed by atoms with Gasteiger partial charge >= 0.3 is 0 Å². The Bertz CT molecular complexity index is 401. The van der Waals surface area contributed by atoms with Crippen LogP contribution in [0.15, 0.2) is 4.99 Å². The number of piperazine rings is 1. The van der Waals surface area contributed by atoms with Crippen LogP contribution in [0.1, 0.15) is 52.9 Å². The van der Waals surface area contributed by atoms with Crippen molar-refractivity contribution in [3.05, 3.63) is 0 Å². The topological polar surface area (TPSA) is 42.9 Å². The summed E-state index contributed by atoms with van der Waals surface area (Å²) in [5.74, 6) is 1.64. The molecule has 1 atom stereocenters. The van der Waals surface area contributed by atoms with E-state index in [0.717, 1.165) is 25.6 Å². The normalized spacial score (nSPS) is 22.7. The Morgan fingerprint density at radius 3 is 2.31 bits per heavy atom. The van der Waals surface area contributed by atoms with E-state index in [4.69, 9.17) is 4.99 Å². The quantitative estimate of drug-likeness (QED) is 0.319. The van der Waals surface area contributed by atoms with Gasteiger partial charge in [-0.15, -0.1) is 24.0 Å². The van der Waals surface area contributed by atoms with E-state index < -0.39 is 0 Å². The van der Waals surface area contributed by atoms with Crippen LogP contribution in [0.3, 0.4) is 0 Å². The van der Waals surface area contributed by atoms with Gasteiger partial charge in [0.2, 0.25) is 0 Å². The number of guanidine groups is 1. The molecule has 1 aliphatic carbocycles. The van der Waals surface area contributed by atoms with Crippen molar-refractivity contribution in [2.75, 3.05) is 59.4 Å². The molecule has 1 unspecified atom stereocenters. The lowest BCUT2D eigenvalue weighted by Gasteiger charge is -2.34. The molecule has 0 aromatic heterocycles. The minimum absolute atomic E-state index is 0. The Hall–Kier alpha value is -0.0800. The minimum Gasteiger partial charge on any atom is -0.357 e. The van der Waals surface area contributed by atoms with E-state index >= 15 is 0 Å². The standard InChI is InChI=1S/C20H41N5.HI/c1-5-20(9-7-8-10-20)17-23-19(21-6-2)22-15-18(3)16-25-13-11-24(4)12-14-25;/h18H,5-17H2,1-4H3,(H2,21,22,23);1H. The highest BCUT2D eigenvalue weighted by Gasteiger charge is 2.31. The maximum Gasteiger partial charge on any atom is 0.191 e. The van der Waals surface area contributed by atoms with Crippen molar-refractivity contribution < 1.29 is 0 Å². The molecule has 1 saturated heterocycles. The molecular weight excluding hydrogens is 437 g/mol. The predicted molar refractivity (Wildman–Crippen MR) is 124 cm³/mol. The van der Waals surface area contributed by atoms with Crippen LogP contribution in [0.5, 0.6) is 0 Å². The van der Waals surface area contributed by atoms with E-state index in [9.17, 15) is 0 Å². The first-order chi connectivity index (χ1) is 12.1. The van der Waals surface area contributed by atoms with Crippen LogP contribution in [0, 0.1) is 11.3 Å². The highest BCUT2D eigenvalue weighted by atomic mass is 127. The second kappa shape index (κ2) is 12.4. The van der Waals surface area contributed by atoms with Crippen molar-refractivity contribution in [3.8, 4) is 0 Å². The van der Waals surface area contributed by atoms with E-state index in [0.29, 0.717) is 11.3 Å². The molecule has 2 N–H and O–H groups in total. The fraction of sp³-hybridized carbons (Fsp3) is 0.950. The van der Waals surface area contributed by atoms with Crippen molar-refractivity contribution in [2.45, 2.75) is 52.9 Å². The molecule has 2 rings (SSSR count). The third-order valence-corrected chi connectivity index (χ3v) is 6.11. The molecule has 0 aromatic carbocycles. The van der Waals surface area contributed by atoms with Gasteiger partial charge in [0, 0.05) is 52.4 Å². The lowest BCUT2D eigenvalue weighted by molar-refractivity contribution is 0.139. The molecule has 2 fully saturated rings. The summed E-state index contributed by atoms with van der Waals surface area (Å²) in [5.41, 5.74) is 0.466. The molecule has 5 nitrogen and oxygen atoms in total. The monoisotopic (exact) mass is 479 g/mol.